The normalized spacial score (nSPS) is 14.6. The van der Waals surface area contributed by atoms with Crippen molar-refractivity contribution >= 4 is 11.9 Å². The van der Waals surface area contributed by atoms with Gasteiger partial charge in [-0.3, -0.25) is 4.79 Å². The third kappa shape index (κ3) is 5.03. The molecule has 0 fully saturated rings. The van der Waals surface area contributed by atoms with Gasteiger partial charge >= 0.3 is 0 Å². The Morgan fingerprint density at radius 3 is 2.45 bits per heavy atom. The standard InChI is InChI=1S/C28H32O/c1-5-9-21-12-16-24(17-13-21)27-19-22(14-15-23(27)6-2)18-26(20(3)4)28(29)25-10-7-8-11-25/h5,7,9-17,19-20,26H,6,8,18H2,1-4H3/b9-5-. The maximum atomic E-state index is 13.0. The first-order valence-electron chi connectivity index (χ1n) is 10.8. The molecule has 29 heavy (non-hydrogen) atoms. The van der Waals surface area contributed by atoms with E-state index >= 15 is 0 Å². The number of aryl methyl sites for hydroxylation is 1. The molecule has 0 N–H and O–H groups in total. The van der Waals surface area contributed by atoms with E-state index in [1.807, 2.05) is 13.0 Å². The molecular formula is C28H32O. The lowest BCUT2D eigenvalue weighted by molar-refractivity contribution is -0.120. The third-order valence-electron chi connectivity index (χ3n) is 5.79. The fourth-order valence-corrected chi connectivity index (χ4v) is 4.03. The Hall–Kier alpha value is -2.67. The second kappa shape index (κ2) is 9.69. The van der Waals surface area contributed by atoms with Gasteiger partial charge in [0.2, 0.25) is 0 Å². The van der Waals surface area contributed by atoms with E-state index < -0.39 is 0 Å². The van der Waals surface area contributed by atoms with Crippen molar-refractivity contribution in [3.8, 4) is 11.1 Å². The molecule has 0 aliphatic heterocycles. The van der Waals surface area contributed by atoms with Crippen LogP contribution in [0.2, 0.25) is 0 Å². The van der Waals surface area contributed by atoms with Crippen LogP contribution in [-0.2, 0) is 17.6 Å². The Morgan fingerprint density at radius 2 is 1.86 bits per heavy atom. The van der Waals surface area contributed by atoms with Gasteiger partial charge < -0.3 is 0 Å². The number of rotatable bonds is 8. The Balaban J connectivity index is 1.90. The van der Waals surface area contributed by atoms with Crippen molar-refractivity contribution in [1.82, 2.24) is 0 Å². The average molecular weight is 385 g/mol. The minimum absolute atomic E-state index is 0.0152. The first kappa shape index (κ1) is 21.0. The van der Waals surface area contributed by atoms with Gasteiger partial charge in [-0.1, -0.05) is 93.6 Å². The predicted molar refractivity (Wildman–Crippen MR) is 125 cm³/mol. The number of hydrogen-bond acceptors (Lipinski definition) is 1. The van der Waals surface area contributed by atoms with Gasteiger partial charge in [-0.15, -0.1) is 0 Å². The Bertz CT molecular complexity index is 939. The smallest absolute Gasteiger partial charge is 0.166 e. The van der Waals surface area contributed by atoms with Crippen LogP contribution >= 0.6 is 0 Å². The van der Waals surface area contributed by atoms with E-state index in [4.69, 9.17) is 0 Å². The monoisotopic (exact) mass is 384 g/mol. The zero-order chi connectivity index (χ0) is 20.8. The van der Waals surface area contributed by atoms with E-state index in [0.717, 1.165) is 24.8 Å². The number of hydrogen-bond donors (Lipinski definition) is 0. The largest absolute Gasteiger partial charge is 0.294 e. The van der Waals surface area contributed by atoms with Gasteiger partial charge in [-0.2, -0.15) is 0 Å². The summed E-state index contributed by atoms with van der Waals surface area (Å²) in [6.45, 7) is 8.55. The number of carbonyl (C=O) groups excluding carboxylic acids is 1. The maximum Gasteiger partial charge on any atom is 0.166 e. The predicted octanol–water partition coefficient (Wildman–Crippen LogP) is 7.22. The van der Waals surface area contributed by atoms with Crippen LogP contribution in [0.3, 0.4) is 0 Å². The molecule has 0 radical (unpaired) electrons. The van der Waals surface area contributed by atoms with Crippen molar-refractivity contribution in [2.45, 2.75) is 47.0 Å². The summed E-state index contributed by atoms with van der Waals surface area (Å²) in [6.07, 6.45) is 12.9. The first-order valence-corrected chi connectivity index (χ1v) is 10.8. The molecule has 0 amide bonds. The first-order chi connectivity index (χ1) is 14.0. The highest BCUT2D eigenvalue weighted by atomic mass is 16.1. The van der Waals surface area contributed by atoms with Gasteiger partial charge in [0.25, 0.3) is 0 Å². The Kier molecular flexibility index (Phi) is 7.04. The second-order valence-corrected chi connectivity index (χ2v) is 8.18. The van der Waals surface area contributed by atoms with Crippen LogP contribution < -0.4 is 0 Å². The summed E-state index contributed by atoms with van der Waals surface area (Å²) in [5.41, 5.74) is 7.21. The summed E-state index contributed by atoms with van der Waals surface area (Å²) < 4.78 is 0. The zero-order valence-electron chi connectivity index (χ0n) is 18.1. The minimum atomic E-state index is 0.0152. The highest BCUT2D eigenvalue weighted by molar-refractivity contribution is 6.00. The number of benzene rings is 2. The lowest BCUT2D eigenvalue weighted by Crippen LogP contribution is -2.23. The number of carbonyl (C=O) groups is 1. The van der Waals surface area contributed by atoms with Crippen LogP contribution in [0.5, 0.6) is 0 Å². The van der Waals surface area contributed by atoms with E-state index in [2.05, 4.69) is 87.5 Å². The van der Waals surface area contributed by atoms with E-state index in [0.29, 0.717) is 5.92 Å². The van der Waals surface area contributed by atoms with Crippen molar-refractivity contribution in [3.05, 3.63) is 89.0 Å². The van der Waals surface area contributed by atoms with E-state index in [1.54, 1.807) is 0 Å². The molecule has 1 aliphatic rings. The molecule has 1 atom stereocenters. The lowest BCUT2D eigenvalue weighted by Gasteiger charge is -2.21. The van der Waals surface area contributed by atoms with Crippen LogP contribution in [0.4, 0.5) is 0 Å². The summed E-state index contributed by atoms with van der Waals surface area (Å²) in [5.74, 6) is 0.610. The Morgan fingerprint density at radius 1 is 1.10 bits per heavy atom. The molecule has 1 nitrogen and oxygen atoms in total. The number of Topliss-reactive ketones (excluding diaryl/α,β-unsaturated/α-hetero) is 1. The van der Waals surface area contributed by atoms with Gasteiger partial charge in [-0.25, -0.2) is 0 Å². The summed E-state index contributed by atoms with van der Waals surface area (Å²) in [5, 5.41) is 0. The molecule has 0 aromatic heterocycles. The van der Waals surface area contributed by atoms with Crippen LogP contribution in [-0.4, -0.2) is 5.78 Å². The molecule has 0 spiro atoms. The molecule has 0 saturated carbocycles. The van der Waals surface area contributed by atoms with Crippen molar-refractivity contribution in [1.29, 1.82) is 0 Å². The van der Waals surface area contributed by atoms with Crippen LogP contribution in [0.25, 0.3) is 17.2 Å². The molecule has 3 rings (SSSR count). The molecule has 2 aromatic rings. The van der Waals surface area contributed by atoms with Crippen LogP contribution in [0.1, 0.15) is 50.8 Å². The summed E-state index contributed by atoms with van der Waals surface area (Å²) >= 11 is 0. The van der Waals surface area contributed by atoms with Crippen LogP contribution in [0, 0.1) is 11.8 Å². The SMILES string of the molecule is C/C=C\c1ccc(-c2cc(CC(C(=O)C3=CCC=C3)C(C)C)ccc2CC)cc1. The van der Waals surface area contributed by atoms with Crippen molar-refractivity contribution in [2.75, 3.05) is 0 Å². The summed E-state index contributed by atoms with van der Waals surface area (Å²) in [7, 11) is 0. The number of ketones is 1. The summed E-state index contributed by atoms with van der Waals surface area (Å²) in [4.78, 5) is 13.0. The highest BCUT2D eigenvalue weighted by Crippen LogP contribution is 2.30. The van der Waals surface area contributed by atoms with Gasteiger partial charge in [0.05, 0.1) is 0 Å². The molecule has 0 heterocycles. The fourth-order valence-electron chi connectivity index (χ4n) is 4.03. The topological polar surface area (TPSA) is 17.1 Å². The van der Waals surface area contributed by atoms with Gasteiger partial charge in [0, 0.05) is 11.5 Å². The van der Waals surface area contributed by atoms with Gasteiger partial charge in [0.15, 0.2) is 5.78 Å². The molecule has 2 aromatic carbocycles. The van der Waals surface area contributed by atoms with Gasteiger partial charge in [-0.05, 0) is 59.9 Å². The fraction of sp³-hybridized carbons (Fsp3) is 0.321. The number of allylic oxidation sites excluding steroid dienone is 5. The molecule has 0 saturated heterocycles. The molecule has 1 heteroatoms. The van der Waals surface area contributed by atoms with Crippen molar-refractivity contribution in [3.63, 3.8) is 0 Å². The van der Waals surface area contributed by atoms with E-state index in [9.17, 15) is 4.79 Å². The van der Waals surface area contributed by atoms with E-state index in [-0.39, 0.29) is 11.7 Å². The molecule has 1 aliphatic carbocycles. The molecular weight excluding hydrogens is 352 g/mol. The maximum absolute atomic E-state index is 13.0. The highest BCUT2D eigenvalue weighted by Gasteiger charge is 2.25. The van der Waals surface area contributed by atoms with Crippen molar-refractivity contribution < 1.29 is 4.79 Å². The Labute approximate surface area is 175 Å². The third-order valence-corrected chi connectivity index (χ3v) is 5.79. The zero-order valence-corrected chi connectivity index (χ0v) is 18.1. The second-order valence-electron chi connectivity index (χ2n) is 8.18. The quantitative estimate of drug-likeness (QED) is 0.469. The van der Waals surface area contributed by atoms with Crippen LogP contribution in [0.15, 0.2) is 72.3 Å². The van der Waals surface area contributed by atoms with Crippen molar-refractivity contribution in [2.24, 2.45) is 11.8 Å². The van der Waals surface area contributed by atoms with E-state index in [1.165, 1.54) is 27.8 Å². The van der Waals surface area contributed by atoms with Gasteiger partial charge in [0.1, 0.15) is 0 Å². The molecule has 150 valence electrons. The lowest BCUT2D eigenvalue weighted by atomic mass is 9.82. The summed E-state index contributed by atoms with van der Waals surface area (Å²) in [6, 6.07) is 15.5. The minimum Gasteiger partial charge on any atom is -0.294 e. The average Bonchev–Trinajstić information content (AvgIpc) is 3.27. The molecule has 0 bridgehead atoms. The molecule has 1 unspecified atom stereocenters.